The molecule has 7 nitrogen and oxygen atoms in total. The minimum Gasteiger partial charge on any atom is -0.494 e. The van der Waals surface area contributed by atoms with E-state index in [-0.39, 0.29) is 18.1 Å². The van der Waals surface area contributed by atoms with Crippen LogP contribution in [0.1, 0.15) is 39.2 Å². The smallest absolute Gasteiger partial charge is 0.286 e. The highest BCUT2D eigenvalue weighted by Crippen LogP contribution is 2.34. The molecule has 2 atom stereocenters. The summed E-state index contributed by atoms with van der Waals surface area (Å²) in [5.41, 5.74) is 3.56. The molecule has 3 aromatic rings. The quantitative estimate of drug-likeness (QED) is 0.292. The molecular weight excluding hydrogens is 484 g/mol. The maximum absolute atomic E-state index is 12.9. The summed E-state index contributed by atoms with van der Waals surface area (Å²) >= 11 is 1.42. The number of ether oxygens (including phenoxy) is 2. The number of hydrogen-bond donors (Lipinski definition) is 0. The Bertz CT molecular complexity index is 1290. The Morgan fingerprint density at radius 2 is 1.81 bits per heavy atom. The van der Waals surface area contributed by atoms with Gasteiger partial charge in [-0.3, -0.25) is 4.79 Å². The van der Waals surface area contributed by atoms with Gasteiger partial charge in [-0.25, -0.2) is 4.68 Å². The molecule has 37 heavy (non-hydrogen) atoms. The van der Waals surface area contributed by atoms with Crippen molar-refractivity contribution in [3.8, 4) is 22.7 Å². The Labute approximate surface area is 222 Å². The van der Waals surface area contributed by atoms with Crippen molar-refractivity contribution in [2.45, 2.75) is 45.8 Å². The van der Waals surface area contributed by atoms with Crippen LogP contribution in [0.2, 0.25) is 0 Å². The lowest BCUT2D eigenvalue weighted by atomic mass is 10.1. The first-order valence-corrected chi connectivity index (χ1v) is 13.6. The number of benzene rings is 2. The van der Waals surface area contributed by atoms with Crippen molar-refractivity contribution < 1.29 is 14.3 Å². The highest BCUT2D eigenvalue weighted by molar-refractivity contribution is 8.18. The zero-order valence-corrected chi connectivity index (χ0v) is 22.3. The molecule has 2 aromatic carbocycles. The van der Waals surface area contributed by atoms with E-state index in [1.165, 1.54) is 11.8 Å². The van der Waals surface area contributed by atoms with Crippen molar-refractivity contribution in [2.24, 2.45) is 4.99 Å². The highest BCUT2D eigenvalue weighted by Gasteiger charge is 2.31. The first kappa shape index (κ1) is 25.3. The third-order valence-corrected chi connectivity index (χ3v) is 7.29. The average Bonchev–Trinajstić information content (AvgIpc) is 3.48. The van der Waals surface area contributed by atoms with E-state index in [0.29, 0.717) is 11.5 Å². The van der Waals surface area contributed by atoms with Gasteiger partial charge >= 0.3 is 0 Å². The van der Waals surface area contributed by atoms with E-state index in [9.17, 15) is 4.79 Å². The number of carbonyl (C=O) groups excluding carboxylic acids is 1. The number of unbranched alkanes of at least 4 members (excludes halogenated alkanes) is 1. The number of aliphatic imine (C=N–C) groups is 1. The molecule has 0 unspecified atom stereocenters. The van der Waals surface area contributed by atoms with E-state index in [2.05, 4.69) is 16.8 Å². The largest absolute Gasteiger partial charge is 0.494 e. The van der Waals surface area contributed by atoms with Gasteiger partial charge < -0.3 is 14.4 Å². The van der Waals surface area contributed by atoms with Gasteiger partial charge in [-0.2, -0.15) is 10.1 Å². The molecule has 0 radical (unpaired) electrons. The van der Waals surface area contributed by atoms with E-state index in [4.69, 9.17) is 14.6 Å². The maximum Gasteiger partial charge on any atom is 0.286 e. The van der Waals surface area contributed by atoms with Crippen LogP contribution in [-0.2, 0) is 9.53 Å². The van der Waals surface area contributed by atoms with Gasteiger partial charge in [0.05, 0.1) is 35.1 Å². The summed E-state index contributed by atoms with van der Waals surface area (Å²) in [7, 11) is 0. The van der Waals surface area contributed by atoms with Gasteiger partial charge in [-0.15, -0.1) is 0 Å². The Kier molecular flexibility index (Phi) is 7.76. The topological polar surface area (TPSA) is 68.9 Å². The summed E-state index contributed by atoms with van der Waals surface area (Å²) in [5, 5.41) is 5.64. The maximum atomic E-state index is 12.9. The van der Waals surface area contributed by atoms with Crippen LogP contribution in [0.15, 0.2) is 70.7 Å². The van der Waals surface area contributed by atoms with Crippen LogP contribution in [0.3, 0.4) is 0 Å². The number of morpholine rings is 1. The standard InChI is InChI=1S/C29H32N4O3S/c1-4-5-15-35-25-13-11-22(12-14-25)27-23(19-33(31-27)24-9-7-6-8-10-24)16-26-28(34)30-29(37-26)32-17-20(2)36-21(3)18-32/h6-14,16,19-21H,4-5,15,17-18H2,1-3H3/b26-16-/t20-,21-/m0/s1. The van der Waals surface area contributed by atoms with Gasteiger partial charge in [0.1, 0.15) is 5.75 Å². The van der Waals surface area contributed by atoms with Gasteiger partial charge in [0.2, 0.25) is 0 Å². The lowest BCUT2D eigenvalue weighted by Crippen LogP contribution is -2.47. The summed E-state index contributed by atoms with van der Waals surface area (Å²) < 4.78 is 13.5. The zero-order chi connectivity index (χ0) is 25.8. The lowest BCUT2D eigenvalue weighted by molar-refractivity contribution is -0.113. The Morgan fingerprint density at radius 3 is 2.51 bits per heavy atom. The second-order valence-corrected chi connectivity index (χ2v) is 10.4. The fourth-order valence-corrected chi connectivity index (χ4v) is 5.40. The predicted molar refractivity (Wildman–Crippen MR) is 149 cm³/mol. The number of aromatic nitrogens is 2. The van der Waals surface area contributed by atoms with Crippen LogP contribution in [0.4, 0.5) is 0 Å². The Hall–Kier alpha value is -3.36. The highest BCUT2D eigenvalue weighted by atomic mass is 32.2. The van der Waals surface area contributed by atoms with Crippen molar-refractivity contribution in [3.63, 3.8) is 0 Å². The number of thioether (sulfide) groups is 1. The summed E-state index contributed by atoms with van der Waals surface area (Å²) in [4.78, 5) is 20.0. The molecule has 2 aliphatic rings. The molecule has 0 N–H and O–H groups in total. The first-order valence-electron chi connectivity index (χ1n) is 12.8. The van der Waals surface area contributed by atoms with Crippen molar-refractivity contribution in [2.75, 3.05) is 19.7 Å². The summed E-state index contributed by atoms with van der Waals surface area (Å²) in [6.45, 7) is 8.39. The summed E-state index contributed by atoms with van der Waals surface area (Å²) in [6, 6.07) is 17.9. The number of amidine groups is 1. The third kappa shape index (κ3) is 5.97. The molecule has 5 rings (SSSR count). The summed E-state index contributed by atoms with van der Waals surface area (Å²) in [6.07, 6.45) is 6.19. The molecule has 0 aliphatic carbocycles. The summed E-state index contributed by atoms with van der Waals surface area (Å²) in [5.74, 6) is 0.623. The molecule has 0 spiro atoms. The van der Waals surface area contributed by atoms with Crippen LogP contribution in [0.25, 0.3) is 23.0 Å². The van der Waals surface area contributed by atoms with Crippen LogP contribution >= 0.6 is 11.8 Å². The van der Waals surface area contributed by atoms with E-state index in [1.54, 1.807) is 0 Å². The number of amides is 1. The fourth-order valence-electron chi connectivity index (χ4n) is 4.48. The van der Waals surface area contributed by atoms with Gasteiger partial charge in [-0.05, 0) is 74.5 Å². The molecule has 8 heteroatoms. The number of carbonyl (C=O) groups is 1. The normalized spacial score (nSPS) is 20.9. The molecular formula is C29H32N4O3S. The van der Waals surface area contributed by atoms with Crippen molar-refractivity contribution in [1.29, 1.82) is 0 Å². The molecule has 192 valence electrons. The van der Waals surface area contributed by atoms with Crippen LogP contribution in [-0.4, -0.2) is 57.7 Å². The van der Waals surface area contributed by atoms with Crippen LogP contribution < -0.4 is 4.74 Å². The second kappa shape index (κ2) is 11.4. The van der Waals surface area contributed by atoms with Crippen LogP contribution in [0, 0.1) is 0 Å². The average molecular weight is 517 g/mol. The number of hydrogen-bond acceptors (Lipinski definition) is 6. The van der Waals surface area contributed by atoms with Crippen LogP contribution in [0.5, 0.6) is 5.75 Å². The molecule has 2 aliphatic heterocycles. The Balaban J connectivity index is 1.44. The number of rotatable bonds is 7. The molecule has 3 heterocycles. The minimum absolute atomic E-state index is 0.0970. The van der Waals surface area contributed by atoms with Crippen molar-refractivity contribution in [3.05, 3.63) is 71.3 Å². The van der Waals surface area contributed by atoms with E-state index in [1.807, 2.05) is 85.4 Å². The second-order valence-electron chi connectivity index (χ2n) is 9.41. The van der Waals surface area contributed by atoms with Gasteiger partial charge in [0, 0.05) is 30.4 Å². The molecule has 0 saturated carbocycles. The molecule has 1 saturated heterocycles. The zero-order valence-electron chi connectivity index (χ0n) is 21.5. The molecule has 1 aromatic heterocycles. The number of nitrogens with zero attached hydrogens (tertiary/aromatic N) is 4. The van der Waals surface area contributed by atoms with Gasteiger partial charge in [-0.1, -0.05) is 31.5 Å². The lowest BCUT2D eigenvalue weighted by Gasteiger charge is -2.35. The van der Waals surface area contributed by atoms with Crippen molar-refractivity contribution >= 4 is 28.9 Å². The number of para-hydroxylation sites is 1. The monoisotopic (exact) mass is 516 g/mol. The SMILES string of the molecule is CCCCOc1ccc(-c2nn(-c3ccccc3)cc2/C=C2\SC(N3C[C@H](C)O[C@@H](C)C3)=NC2=O)cc1. The first-order chi connectivity index (χ1) is 18.0. The minimum atomic E-state index is -0.218. The molecule has 1 fully saturated rings. The third-order valence-electron chi connectivity index (χ3n) is 6.24. The van der Waals surface area contributed by atoms with Crippen molar-refractivity contribution in [1.82, 2.24) is 14.7 Å². The predicted octanol–water partition coefficient (Wildman–Crippen LogP) is 5.80. The fraction of sp³-hybridized carbons (Fsp3) is 0.345. The molecule has 1 amide bonds. The Morgan fingerprint density at radius 1 is 1.08 bits per heavy atom. The van der Waals surface area contributed by atoms with E-state index in [0.717, 1.165) is 59.4 Å². The van der Waals surface area contributed by atoms with Gasteiger partial charge in [0.25, 0.3) is 5.91 Å². The van der Waals surface area contributed by atoms with E-state index < -0.39 is 0 Å². The molecule has 0 bridgehead atoms. The van der Waals surface area contributed by atoms with Gasteiger partial charge in [0.15, 0.2) is 5.17 Å². The van der Waals surface area contributed by atoms with E-state index >= 15 is 0 Å².